The Balaban J connectivity index is 2.12. The van der Waals surface area contributed by atoms with Gasteiger partial charge in [-0.05, 0) is 56.5 Å². The van der Waals surface area contributed by atoms with Gasteiger partial charge in [0.25, 0.3) is 0 Å². The van der Waals surface area contributed by atoms with Gasteiger partial charge in [-0.3, -0.25) is 0 Å². The Labute approximate surface area is 133 Å². The summed E-state index contributed by atoms with van der Waals surface area (Å²) >= 11 is 8.16. The van der Waals surface area contributed by atoms with Gasteiger partial charge >= 0.3 is 0 Å². The first-order chi connectivity index (χ1) is 10.2. The van der Waals surface area contributed by atoms with Gasteiger partial charge in [0, 0.05) is 10.3 Å². The molecule has 0 atom stereocenters. The fourth-order valence-corrected chi connectivity index (χ4v) is 3.84. The number of unbranched alkanes of at least 4 members (excludes halogenated alkanes) is 1. The molecule has 0 fully saturated rings. The molecule has 2 heterocycles. The fraction of sp³-hybridized carbons (Fsp3) is 0.294. The van der Waals surface area contributed by atoms with Crippen LogP contribution < -0.4 is 5.73 Å². The van der Waals surface area contributed by atoms with Crippen LogP contribution in [0.25, 0.3) is 21.5 Å². The first-order valence-electron chi connectivity index (χ1n) is 7.26. The van der Waals surface area contributed by atoms with E-state index in [1.807, 2.05) is 23.5 Å². The topological polar surface area (TPSA) is 41.8 Å². The van der Waals surface area contributed by atoms with E-state index in [-0.39, 0.29) is 0 Å². The molecule has 4 heteroatoms. The highest BCUT2D eigenvalue weighted by molar-refractivity contribution is 7.15. The fourth-order valence-electron chi connectivity index (χ4n) is 2.72. The number of benzene rings is 1. The molecule has 0 amide bonds. The number of hydrogen-bond donors (Lipinski definition) is 2. The number of nitrogens with two attached hydrogens (primary N) is 1. The standard InChI is InChI=1S/C17H19ClN2S/c1-11-8-9-15(21-11)17-13(5-2-3-10-19)12-6-4-7-14(18)16(12)20-17/h4,6-9,20H,2-3,5,10,19H2,1H3. The normalized spacial score (nSPS) is 11.4. The molecule has 0 spiro atoms. The van der Waals surface area contributed by atoms with Gasteiger partial charge in [-0.15, -0.1) is 11.3 Å². The summed E-state index contributed by atoms with van der Waals surface area (Å²) in [6.07, 6.45) is 3.19. The van der Waals surface area contributed by atoms with Crippen molar-refractivity contribution in [3.8, 4) is 10.6 Å². The van der Waals surface area contributed by atoms with Gasteiger partial charge in [-0.25, -0.2) is 0 Å². The van der Waals surface area contributed by atoms with Crippen molar-refractivity contribution in [2.24, 2.45) is 5.73 Å². The molecule has 0 aliphatic carbocycles. The number of hydrogen-bond acceptors (Lipinski definition) is 2. The molecule has 3 rings (SSSR count). The maximum Gasteiger partial charge on any atom is 0.0651 e. The van der Waals surface area contributed by atoms with Gasteiger partial charge in [0.1, 0.15) is 0 Å². The molecule has 0 aliphatic rings. The second kappa shape index (κ2) is 6.22. The van der Waals surface area contributed by atoms with E-state index in [1.165, 1.54) is 26.4 Å². The monoisotopic (exact) mass is 318 g/mol. The zero-order chi connectivity index (χ0) is 14.8. The minimum absolute atomic E-state index is 0.747. The molecular formula is C17H19ClN2S. The molecule has 2 aromatic heterocycles. The van der Waals surface area contributed by atoms with Crippen molar-refractivity contribution in [3.63, 3.8) is 0 Å². The summed E-state index contributed by atoms with van der Waals surface area (Å²) in [6.45, 7) is 2.88. The van der Waals surface area contributed by atoms with Crippen LogP contribution in [0.15, 0.2) is 30.3 Å². The maximum absolute atomic E-state index is 6.35. The van der Waals surface area contributed by atoms with Gasteiger partial charge in [0.15, 0.2) is 0 Å². The van der Waals surface area contributed by atoms with Crippen LogP contribution in [0.4, 0.5) is 0 Å². The lowest BCUT2D eigenvalue weighted by Gasteiger charge is -2.03. The summed E-state index contributed by atoms with van der Waals surface area (Å²) in [6, 6.07) is 10.5. The number of aryl methyl sites for hydroxylation is 2. The quantitative estimate of drug-likeness (QED) is 0.628. The molecule has 0 aliphatic heterocycles. The maximum atomic E-state index is 6.35. The average molecular weight is 319 g/mol. The molecule has 3 N–H and O–H groups in total. The van der Waals surface area contributed by atoms with Crippen LogP contribution >= 0.6 is 22.9 Å². The van der Waals surface area contributed by atoms with Crippen LogP contribution in [0.2, 0.25) is 5.02 Å². The van der Waals surface area contributed by atoms with E-state index in [0.717, 1.165) is 36.3 Å². The number of H-pyrrole nitrogens is 1. The number of rotatable bonds is 5. The zero-order valence-corrected chi connectivity index (χ0v) is 13.7. The molecule has 0 bridgehead atoms. The van der Waals surface area contributed by atoms with Crippen LogP contribution in [-0.2, 0) is 6.42 Å². The van der Waals surface area contributed by atoms with Crippen molar-refractivity contribution in [2.75, 3.05) is 6.54 Å². The average Bonchev–Trinajstić information content (AvgIpc) is 3.04. The van der Waals surface area contributed by atoms with E-state index in [2.05, 4.69) is 30.1 Å². The summed E-state index contributed by atoms with van der Waals surface area (Å²) in [5.41, 5.74) is 9.25. The number of fused-ring (bicyclic) bond motifs is 1. The molecule has 0 saturated carbocycles. The van der Waals surface area contributed by atoms with E-state index in [9.17, 15) is 0 Å². The Hall–Kier alpha value is -1.29. The number of aromatic amines is 1. The van der Waals surface area contributed by atoms with Gasteiger partial charge in [0.05, 0.1) is 21.1 Å². The second-order valence-corrected chi connectivity index (χ2v) is 6.99. The number of thiophene rings is 1. The Morgan fingerprint density at radius 2 is 2.05 bits per heavy atom. The minimum atomic E-state index is 0.747. The first kappa shape index (κ1) is 14.6. The second-order valence-electron chi connectivity index (χ2n) is 5.30. The van der Waals surface area contributed by atoms with E-state index < -0.39 is 0 Å². The van der Waals surface area contributed by atoms with Crippen LogP contribution in [0, 0.1) is 6.92 Å². The van der Waals surface area contributed by atoms with Gasteiger partial charge in [0.2, 0.25) is 0 Å². The molecule has 3 aromatic rings. The lowest BCUT2D eigenvalue weighted by atomic mass is 10.0. The van der Waals surface area contributed by atoms with Gasteiger partial charge in [-0.1, -0.05) is 23.7 Å². The lowest BCUT2D eigenvalue weighted by Crippen LogP contribution is -1.99. The van der Waals surface area contributed by atoms with Crippen molar-refractivity contribution in [1.29, 1.82) is 0 Å². The number of nitrogens with one attached hydrogen (secondary N) is 1. The molecule has 110 valence electrons. The smallest absolute Gasteiger partial charge is 0.0651 e. The predicted molar refractivity (Wildman–Crippen MR) is 93.4 cm³/mol. The Morgan fingerprint density at radius 3 is 2.76 bits per heavy atom. The van der Waals surface area contributed by atoms with Crippen molar-refractivity contribution in [3.05, 3.63) is 45.8 Å². The third-order valence-electron chi connectivity index (χ3n) is 3.76. The van der Waals surface area contributed by atoms with E-state index in [0.29, 0.717) is 0 Å². The molecule has 2 nitrogen and oxygen atoms in total. The highest BCUT2D eigenvalue weighted by atomic mass is 35.5. The van der Waals surface area contributed by atoms with Crippen molar-refractivity contribution in [2.45, 2.75) is 26.2 Å². The summed E-state index contributed by atoms with van der Waals surface area (Å²) in [5.74, 6) is 0. The molecular weight excluding hydrogens is 300 g/mol. The van der Waals surface area contributed by atoms with Crippen molar-refractivity contribution < 1.29 is 0 Å². The third kappa shape index (κ3) is 2.86. The number of para-hydroxylation sites is 1. The SMILES string of the molecule is Cc1ccc(-c2[nH]c3c(Cl)cccc3c2CCCCN)s1. The molecule has 0 unspecified atom stereocenters. The highest BCUT2D eigenvalue weighted by Crippen LogP contribution is 2.37. The minimum Gasteiger partial charge on any atom is -0.352 e. The van der Waals surface area contributed by atoms with E-state index >= 15 is 0 Å². The zero-order valence-electron chi connectivity index (χ0n) is 12.1. The number of halogens is 1. The Bertz CT molecular complexity index is 757. The van der Waals surface area contributed by atoms with Crippen LogP contribution in [0.1, 0.15) is 23.3 Å². The summed E-state index contributed by atoms with van der Waals surface area (Å²) < 4.78 is 0. The highest BCUT2D eigenvalue weighted by Gasteiger charge is 2.15. The first-order valence-corrected chi connectivity index (χ1v) is 8.46. The third-order valence-corrected chi connectivity index (χ3v) is 5.09. The number of aromatic nitrogens is 1. The molecule has 0 saturated heterocycles. The summed E-state index contributed by atoms with van der Waals surface area (Å²) in [5, 5.41) is 2.02. The molecule has 1 aromatic carbocycles. The van der Waals surface area contributed by atoms with E-state index in [1.54, 1.807) is 0 Å². The predicted octanol–water partition coefficient (Wildman–Crippen LogP) is 5.14. The Kier molecular flexibility index (Phi) is 4.34. The van der Waals surface area contributed by atoms with Crippen LogP contribution in [0.5, 0.6) is 0 Å². The Morgan fingerprint density at radius 1 is 1.19 bits per heavy atom. The largest absolute Gasteiger partial charge is 0.352 e. The molecule has 21 heavy (non-hydrogen) atoms. The van der Waals surface area contributed by atoms with Crippen LogP contribution in [0.3, 0.4) is 0 Å². The van der Waals surface area contributed by atoms with Crippen molar-refractivity contribution in [1.82, 2.24) is 4.98 Å². The van der Waals surface area contributed by atoms with Gasteiger partial charge in [-0.2, -0.15) is 0 Å². The summed E-state index contributed by atoms with van der Waals surface area (Å²) in [7, 11) is 0. The van der Waals surface area contributed by atoms with Crippen LogP contribution in [-0.4, -0.2) is 11.5 Å². The van der Waals surface area contributed by atoms with Gasteiger partial charge < -0.3 is 10.7 Å². The van der Waals surface area contributed by atoms with Crippen molar-refractivity contribution >= 4 is 33.8 Å². The lowest BCUT2D eigenvalue weighted by molar-refractivity contribution is 0.748. The summed E-state index contributed by atoms with van der Waals surface area (Å²) in [4.78, 5) is 6.14. The van der Waals surface area contributed by atoms with E-state index in [4.69, 9.17) is 17.3 Å². The molecule has 0 radical (unpaired) electrons.